The van der Waals surface area contributed by atoms with Crippen LogP contribution in [0.3, 0.4) is 0 Å². The third-order valence-electron chi connectivity index (χ3n) is 2.48. The predicted octanol–water partition coefficient (Wildman–Crippen LogP) is 5.15. The van der Waals surface area contributed by atoms with Crippen LogP contribution in [0.1, 0.15) is 13.8 Å². The minimum absolute atomic E-state index is 0.000385. The summed E-state index contributed by atoms with van der Waals surface area (Å²) in [7, 11) is 0. The van der Waals surface area contributed by atoms with E-state index in [9.17, 15) is 9.59 Å². The molecule has 0 bridgehead atoms. The van der Waals surface area contributed by atoms with Crippen LogP contribution in [0.4, 0.5) is 0 Å². The number of esters is 2. The first-order valence-corrected chi connectivity index (χ1v) is 9.65. The van der Waals surface area contributed by atoms with Crippen molar-refractivity contribution < 1.29 is 29.3 Å². The molecule has 0 spiro atoms. The summed E-state index contributed by atoms with van der Waals surface area (Å²) in [5, 5.41) is 18.1. The van der Waals surface area contributed by atoms with Gasteiger partial charge in [0.15, 0.2) is 11.5 Å². The smallest absolute Gasteiger partial charge is 0.308 e. The molecule has 0 unspecified atom stereocenters. The van der Waals surface area contributed by atoms with Crippen molar-refractivity contribution in [2.75, 3.05) is 0 Å². The molecule has 10 heteroatoms. The van der Waals surface area contributed by atoms with Gasteiger partial charge in [0, 0.05) is 21.0 Å². The first-order chi connectivity index (χ1) is 12.0. The fraction of sp³-hybridized carbons (Fsp3) is 0.125. The highest BCUT2D eigenvalue weighted by atomic mass is 127. The summed E-state index contributed by atoms with van der Waals surface area (Å²) in [6, 6.07) is 6.11. The summed E-state index contributed by atoms with van der Waals surface area (Å²) in [5.74, 6) is -0.804. The third kappa shape index (κ3) is 7.33. The molecule has 2 rings (SSSR count). The van der Waals surface area contributed by atoms with Crippen LogP contribution >= 0.6 is 68.4 Å². The summed E-state index contributed by atoms with van der Waals surface area (Å²) in [6.07, 6.45) is 0. The van der Waals surface area contributed by atoms with Gasteiger partial charge in [-0.25, -0.2) is 0 Å². The number of benzene rings is 2. The molecule has 2 N–H and O–H groups in total. The van der Waals surface area contributed by atoms with Crippen LogP contribution < -0.4 is 9.47 Å². The molecule has 0 radical (unpaired) electrons. The van der Waals surface area contributed by atoms with Gasteiger partial charge in [0.25, 0.3) is 0 Å². The molecule has 0 aliphatic rings. The van der Waals surface area contributed by atoms with Crippen molar-refractivity contribution in [1.82, 2.24) is 0 Å². The van der Waals surface area contributed by atoms with E-state index in [4.69, 9.17) is 42.9 Å². The summed E-state index contributed by atoms with van der Waals surface area (Å²) in [4.78, 5) is 21.6. The van der Waals surface area contributed by atoms with E-state index in [0.717, 1.165) is 7.14 Å². The first kappa shape index (κ1) is 23.1. The van der Waals surface area contributed by atoms with E-state index in [0.29, 0.717) is 0 Å². The van der Waals surface area contributed by atoms with Gasteiger partial charge in [-0.05, 0) is 69.4 Å². The Bertz CT molecular complexity index is 781. The third-order valence-corrected chi connectivity index (χ3v) is 4.48. The molecule has 0 aromatic heterocycles. The topological polar surface area (TPSA) is 93.1 Å². The number of carbonyl (C=O) groups excluding carboxylic acids is 2. The van der Waals surface area contributed by atoms with E-state index in [1.807, 2.05) is 45.2 Å². The lowest BCUT2D eigenvalue weighted by molar-refractivity contribution is -0.132. The Morgan fingerprint density at radius 3 is 1.50 bits per heavy atom. The fourth-order valence-electron chi connectivity index (χ4n) is 1.56. The molecule has 0 aliphatic heterocycles. The number of aromatic hydroxyl groups is 2. The largest absolute Gasteiger partial charge is 0.506 e. The molecule has 0 atom stereocenters. The second-order valence-electron chi connectivity index (χ2n) is 4.66. The summed E-state index contributed by atoms with van der Waals surface area (Å²) in [5.41, 5.74) is 0. The van der Waals surface area contributed by atoms with Gasteiger partial charge >= 0.3 is 11.9 Å². The normalized spacial score (nSPS) is 9.77. The Kier molecular flexibility index (Phi) is 9.21. The van der Waals surface area contributed by atoms with Crippen LogP contribution in [0, 0.1) is 7.14 Å². The Labute approximate surface area is 186 Å². The maximum absolute atomic E-state index is 10.8. The van der Waals surface area contributed by atoms with Crippen LogP contribution in [0.25, 0.3) is 0 Å². The molecule has 0 aliphatic carbocycles. The highest BCUT2D eigenvalue weighted by Gasteiger charge is 2.14. The number of hydrogen-bond donors (Lipinski definition) is 2. The van der Waals surface area contributed by atoms with Crippen LogP contribution in [-0.2, 0) is 9.59 Å². The Balaban J connectivity index is 0.000000289. The van der Waals surface area contributed by atoms with Crippen molar-refractivity contribution in [3.63, 3.8) is 0 Å². The van der Waals surface area contributed by atoms with Crippen molar-refractivity contribution >= 4 is 80.3 Å². The fourth-order valence-corrected chi connectivity index (χ4v) is 3.01. The van der Waals surface area contributed by atoms with Gasteiger partial charge in [-0.2, -0.15) is 0 Å². The van der Waals surface area contributed by atoms with Crippen LogP contribution in [0.5, 0.6) is 23.0 Å². The summed E-state index contributed by atoms with van der Waals surface area (Å²) in [6.45, 7) is 2.53. The molecule has 140 valence electrons. The van der Waals surface area contributed by atoms with Crippen LogP contribution in [0.2, 0.25) is 10.0 Å². The van der Waals surface area contributed by atoms with Crippen LogP contribution in [0.15, 0.2) is 24.3 Å². The summed E-state index contributed by atoms with van der Waals surface area (Å²) >= 11 is 15.3. The average Bonchev–Trinajstić information content (AvgIpc) is 2.49. The van der Waals surface area contributed by atoms with E-state index in [-0.39, 0.29) is 33.0 Å². The lowest BCUT2D eigenvalue weighted by Gasteiger charge is -2.09. The molecule has 6 nitrogen and oxygen atoms in total. The van der Waals surface area contributed by atoms with Gasteiger partial charge in [0.2, 0.25) is 0 Å². The highest BCUT2D eigenvalue weighted by Crippen LogP contribution is 2.36. The maximum atomic E-state index is 10.8. The second-order valence-corrected chi connectivity index (χ2v) is 7.91. The number of phenolic OH excluding ortho intramolecular Hbond substituents is 2. The number of ether oxygens (including phenoxy) is 2. The zero-order valence-corrected chi connectivity index (χ0v) is 19.2. The first-order valence-electron chi connectivity index (χ1n) is 6.74. The van der Waals surface area contributed by atoms with E-state index in [1.165, 1.54) is 26.0 Å². The quantitative estimate of drug-likeness (QED) is 0.273. The van der Waals surface area contributed by atoms with Crippen molar-refractivity contribution in [2.45, 2.75) is 13.8 Å². The van der Waals surface area contributed by atoms with Crippen molar-refractivity contribution in [3.05, 3.63) is 41.5 Å². The molecular weight excluding hydrogens is 613 g/mol. The molecule has 0 saturated carbocycles. The Morgan fingerprint density at radius 1 is 0.808 bits per heavy atom. The number of hydrogen-bond acceptors (Lipinski definition) is 6. The lowest BCUT2D eigenvalue weighted by Crippen LogP contribution is -2.05. The minimum atomic E-state index is -0.488. The minimum Gasteiger partial charge on any atom is -0.506 e. The summed E-state index contributed by atoms with van der Waals surface area (Å²) < 4.78 is 11.3. The second kappa shape index (κ2) is 10.4. The molecule has 0 saturated heterocycles. The van der Waals surface area contributed by atoms with Gasteiger partial charge in [-0.1, -0.05) is 23.2 Å². The number of phenols is 2. The monoisotopic (exact) mass is 624 g/mol. The molecule has 0 amide bonds. The highest BCUT2D eigenvalue weighted by molar-refractivity contribution is 14.1. The molecule has 0 fully saturated rings. The van der Waals surface area contributed by atoms with Gasteiger partial charge in [-0.3, -0.25) is 9.59 Å². The molecule has 0 heterocycles. The number of halogens is 4. The van der Waals surface area contributed by atoms with Gasteiger partial charge < -0.3 is 19.7 Å². The van der Waals surface area contributed by atoms with Crippen molar-refractivity contribution in [3.8, 4) is 23.0 Å². The van der Waals surface area contributed by atoms with Gasteiger partial charge in [0.1, 0.15) is 21.5 Å². The number of rotatable bonds is 2. The zero-order valence-electron chi connectivity index (χ0n) is 13.3. The molecule has 2 aromatic rings. The molecule has 2 aromatic carbocycles. The predicted molar refractivity (Wildman–Crippen MR) is 114 cm³/mol. The Hall–Kier alpha value is -0.980. The van der Waals surface area contributed by atoms with E-state index in [1.54, 1.807) is 12.1 Å². The van der Waals surface area contributed by atoms with Crippen molar-refractivity contribution in [1.29, 1.82) is 0 Å². The molecular formula is C16H12Cl2I2O6. The van der Waals surface area contributed by atoms with Crippen molar-refractivity contribution in [2.24, 2.45) is 0 Å². The standard InChI is InChI=1S/C10H8ClIO4.C6H4ClIO2/c1-5(13)15-8-3-7(12)4-9(10(8)11)16-6(2)14;7-6-4(9)1-3(8)2-5(6)10/h3-4H,1-2H3;1-2,9-10H. The lowest BCUT2D eigenvalue weighted by atomic mass is 10.3. The SMILES string of the molecule is CC(=O)Oc1cc(I)cc(OC(C)=O)c1Cl.Oc1cc(I)cc(O)c1Cl. The number of carbonyl (C=O) groups is 2. The molecule has 26 heavy (non-hydrogen) atoms. The van der Waals surface area contributed by atoms with Gasteiger partial charge in [0.05, 0.1) is 0 Å². The Morgan fingerprint density at radius 2 is 1.15 bits per heavy atom. The van der Waals surface area contributed by atoms with Gasteiger partial charge in [-0.15, -0.1) is 0 Å². The van der Waals surface area contributed by atoms with E-state index >= 15 is 0 Å². The zero-order chi connectivity index (χ0) is 20.0. The van der Waals surface area contributed by atoms with Crippen LogP contribution in [-0.4, -0.2) is 22.2 Å². The van der Waals surface area contributed by atoms with E-state index < -0.39 is 11.9 Å². The average molecular weight is 625 g/mol. The maximum Gasteiger partial charge on any atom is 0.308 e. The van der Waals surface area contributed by atoms with E-state index in [2.05, 4.69) is 0 Å².